The van der Waals surface area contributed by atoms with Gasteiger partial charge >= 0.3 is 0 Å². The van der Waals surface area contributed by atoms with E-state index in [2.05, 4.69) is 34.5 Å². The van der Waals surface area contributed by atoms with E-state index in [-0.39, 0.29) is 0 Å². The summed E-state index contributed by atoms with van der Waals surface area (Å²) in [5.74, 6) is 0. The van der Waals surface area contributed by atoms with E-state index in [4.69, 9.17) is 0 Å². The molecule has 0 saturated carbocycles. The molecular weight excluding hydrogens is 208 g/mol. The molecule has 0 spiro atoms. The number of hydrogen-bond acceptors (Lipinski definition) is 2. The first-order valence-electron chi connectivity index (χ1n) is 5.67. The summed E-state index contributed by atoms with van der Waals surface area (Å²) >= 11 is 0. The molecule has 1 heterocycles. The smallest absolute Gasteiger partial charge is 0.0753 e. The molecule has 0 bridgehead atoms. The highest BCUT2D eigenvalue weighted by molar-refractivity contribution is 5.83. The molecular formula is C15H12N2. The van der Waals surface area contributed by atoms with E-state index < -0.39 is 0 Å². The van der Waals surface area contributed by atoms with Crippen LogP contribution in [-0.2, 0) is 6.42 Å². The predicted molar refractivity (Wildman–Crippen MR) is 68.8 cm³/mol. The summed E-state index contributed by atoms with van der Waals surface area (Å²) in [6.45, 7) is 0. The topological polar surface area (TPSA) is 25.8 Å². The highest BCUT2D eigenvalue weighted by atomic mass is 15.1. The molecule has 2 heteroatoms. The van der Waals surface area contributed by atoms with Crippen molar-refractivity contribution in [2.75, 3.05) is 0 Å². The molecule has 0 fully saturated rings. The molecule has 0 N–H and O–H groups in total. The quantitative estimate of drug-likeness (QED) is 0.662. The van der Waals surface area contributed by atoms with Gasteiger partial charge in [0.05, 0.1) is 11.9 Å². The lowest BCUT2D eigenvalue weighted by Crippen LogP contribution is -1.95. The molecule has 82 valence electrons. The molecule has 0 aliphatic heterocycles. The molecule has 0 unspecified atom stereocenters. The van der Waals surface area contributed by atoms with Crippen molar-refractivity contribution in [1.82, 2.24) is 10.2 Å². The maximum absolute atomic E-state index is 4.25. The van der Waals surface area contributed by atoms with Crippen molar-refractivity contribution in [2.24, 2.45) is 0 Å². The lowest BCUT2D eigenvalue weighted by Gasteiger charge is -2.04. The summed E-state index contributed by atoms with van der Waals surface area (Å²) in [5, 5.41) is 10.6. The minimum Gasteiger partial charge on any atom is -0.158 e. The number of aromatic nitrogens is 2. The van der Waals surface area contributed by atoms with E-state index in [1.165, 1.54) is 10.9 Å². The van der Waals surface area contributed by atoms with Gasteiger partial charge in [-0.1, -0.05) is 54.6 Å². The standard InChI is InChI=1S/C15H12N2/c1-2-6-12(7-3-1)10-15-14-9-5-4-8-13(14)11-16-17-15/h1-9,11H,10H2. The van der Waals surface area contributed by atoms with Gasteiger partial charge in [-0.25, -0.2) is 0 Å². The van der Waals surface area contributed by atoms with Gasteiger partial charge < -0.3 is 0 Å². The number of nitrogens with zero attached hydrogens (tertiary/aromatic N) is 2. The fourth-order valence-electron chi connectivity index (χ4n) is 2.01. The van der Waals surface area contributed by atoms with Gasteiger partial charge in [-0.2, -0.15) is 10.2 Å². The van der Waals surface area contributed by atoms with Crippen LogP contribution >= 0.6 is 0 Å². The zero-order valence-corrected chi connectivity index (χ0v) is 9.38. The molecule has 0 aliphatic rings. The number of hydrogen-bond donors (Lipinski definition) is 0. The van der Waals surface area contributed by atoms with Gasteiger partial charge in [0, 0.05) is 17.2 Å². The Kier molecular flexibility index (Phi) is 2.54. The van der Waals surface area contributed by atoms with Crippen LogP contribution < -0.4 is 0 Å². The zero-order chi connectivity index (χ0) is 11.5. The Morgan fingerprint density at radius 1 is 0.824 bits per heavy atom. The summed E-state index contributed by atoms with van der Waals surface area (Å²) in [6, 6.07) is 18.6. The Bertz CT molecular complexity index is 627. The van der Waals surface area contributed by atoms with Crippen molar-refractivity contribution in [3.63, 3.8) is 0 Å². The molecule has 0 saturated heterocycles. The van der Waals surface area contributed by atoms with Crippen molar-refractivity contribution in [3.8, 4) is 0 Å². The second-order valence-corrected chi connectivity index (χ2v) is 4.04. The average molecular weight is 220 g/mol. The van der Waals surface area contributed by atoms with E-state index in [1.807, 2.05) is 36.5 Å². The zero-order valence-electron chi connectivity index (χ0n) is 9.38. The van der Waals surface area contributed by atoms with Gasteiger partial charge in [-0.15, -0.1) is 0 Å². The Morgan fingerprint density at radius 2 is 1.59 bits per heavy atom. The van der Waals surface area contributed by atoms with Gasteiger partial charge in [0.25, 0.3) is 0 Å². The lowest BCUT2D eigenvalue weighted by atomic mass is 10.1. The second kappa shape index (κ2) is 4.34. The predicted octanol–water partition coefficient (Wildman–Crippen LogP) is 3.22. The van der Waals surface area contributed by atoms with E-state index in [0.717, 1.165) is 17.5 Å². The van der Waals surface area contributed by atoms with E-state index in [1.54, 1.807) is 0 Å². The Balaban J connectivity index is 2.06. The first-order valence-corrected chi connectivity index (χ1v) is 5.67. The highest BCUT2D eigenvalue weighted by Crippen LogP contribution is 2.17. The van der Waals surface area contributed by atoms with Crippen molar-refractivity contribution in [3.05, 3.63) is 72.1 Å². The number of fused-ring (bicyclic) bond motifs is 1. The highest BCUT2D eigenvalue weighted by Gasteiger charge is 2.03. The minimum absolute atomic E-state index is 0.829. The monoisotopic (exact) mass is 220 g/mol. The van der Waals surface area contributed by atoms with Crippen molar-refractivity contribution >= 4 is 10.8 Å². The maximum atomic E-state index is 4.25. The van der Waals surface area contributed by atoms with E-state index in [9.17, 15) is 0 Å². The van der Waals surface area contributed by atoms with Crippen LogP contribution in [0, 0.1) is 0 Å². The molecule has 0 amide bonds. The summed E-state index contributed by atoms with van der Waals surface area (Å²) in [5.41, 5.74) is 2.30. The van der Waals surface area contributed by atoms with Crippen LogP contribution in [0.15, 0.2) is 60.8 Å². The average Bonchev–Trinajstić information content (AvgIpc) is 2.40. The largest absolute Gasteiger partial charge is 0.158 e. The summed E-state index contributed by atoms with van der Waals surface area (Å²) in [6.07, 6.45) is 2.64. The fourth-order valence-corrected chi connectivity index (χ4v) is 2.01. The maximum Gasteiger partial charge on any atom is 0.0753 e. The van der Waals surface area contributed by atoms with E-state index >= 15 is 0 Å². The second-order valence-electron chi connectivity index (χ2n) is 4.04. The van der Waals surface area contributed by atoms with Crippen molar-refractivity contribution in [2.45, 2.75) is 6.42 Å². The third kappa shape index (κ3) is 2.02. The molecule has 1 aromatic heterocycles. The Hall–Kier alpha value is -2.22. The van der Waals surface area contributed by atoms with E-state index in [0.29, 0.717) is 0 Å². The Morgan fingerprint density at radius 3 is 2.47 bits per heavy atom. The molecule has 0 radical (unpaired) electrons. The van der Waals surface area contributed by atoms with Crippen LogP contribution in [0.4, 0.5) is 0 Å². The van der Waals surface area contributed by atoms with Gasteiger partial charge in [0.1, 0.15) is 0 Å². The third-order valence-electron chi connectivity index (χ3n) is 2.86. The fraction of sp³-hybridized carbons (Fsp3) is 0.0667. The van der Waals surface area contributed by atoms with Crippen LogP contribution in [0.3, 0.4) is 0 Å². The molecule has 3 aromatic rings. The van der Waals surface area contributed by atoms with Crippen LogP contribution in [0.5, 0.6) is 0 Å². The summed E-state index contributed by atoms with van der Waals surface area (Å²) in [4.78, 5) is 0. The van der Waals surface area contributed by atoms with Crippen LogP contribution in [0.1, 0.15) is 11.3 Å². The third-order valence-corrected chi connectivity index (χ3v) is 2.86. The molecule has 0 atom stereocenters. The summed E-state index contributed by atoms with van der Waals surface area (Å²) < 4.78 is 0. The van der Waals surface area contributed by atoms with Crippen LogP contribution in [-0.4, -0.2) is 10.2 Å². The van der Waals surface area contributed by atoms with Crippen LogP contribution in [0.25, 0.3) is 10.8 Å². The van der Waals surface area contributed by atoms with Crippen LogP contribution in [0.2, 0.25) is 0 Å². The summed E-state index contributed by atoms with van der Waals surface area (Å²) in [7, 11) is 0. The normalized spacial score (nSPS) is 10.6. The van der Waals surface area contributed by atoms with Crippen molar-refractivity contribution < 1.29 is 0 Å². The molecule has 3 rings (SSSR count). The molecule has 2 aromatic carbocycles. The van der Waals surface area contributed by atoms with Gasteiger partial charge in [0.15, 0.2) is 0 Å². The number of rotatable bonds is 2. The minimum atomic E-state index is 0.829. The van der Waals surface area contributed by atoms with Gasteiger partial charge in [-0.3, -0.25) is 0 Å². The number of benzene rings is 2. The Labute approximate surface area is 99.9 Å². The SMILES string of the molecule is c1ccc(Cc2nncc3ccccc23)cc1. The van der Waals surface area contributed by atoms with Crippen molar-refractivity contribution in [1.29, 1.82) is 0 Å². The first-order chi connectivity index (χ1) is 8.43. The molecule has 2 nitrogen and oxygen atoms in total. The van der Waals surface area contributed by atoms with Gasteiger partial charge in [0.2, 0.25) is 0 Å². The first kappa shape index (κ1) is 9.97. The van der Waals surface area contributed by atoms with Gasteiger partial charge in [-0.05, 0) is 5.56 Å². The lowest BCUT2D eigenvalue weighted by molar-refractivity contribution is 0.958. The molecule has 0 aliphatic carbocycles. The molecule has 17 heavy (non-hydrogen) atoms.